The summed E-state index contributed by atoms with van der Waals surface area (Å²) in [6.07, 6.45) is 0.489. The molecule has 0 aliphatic heterocycles. The van der Waals surface area contributed by atoms with Gasteiger partial charge >= 0.3 is 11.9 Å². The molecule has 0 aromatic heterocycles. The molecule has 0 saturated carbocycles. The monoisotopic (exact) mass is 415 g/mol. The first-order valence-corrected chi connectivity index (χ1v) is 9.40. The Kier molecular flexibility index (Phi) is 8.68. The number of carbonyl (C=O) groups is 3. The molecule has 0 aliphatic rings. The molecule has 0 atom stereocenters. The van der Waals surface area contributed by atoms with Gasteiger partial charge in [-0.2, -0.15) is 0 Å². The van der Waals surface area contributed by atoms with Crippen molar-refractivity contribution < 1.29 is 33.3 Å². The molecule has 8 heteroatoms. The summed E-state index contributed by atoms with van der Waals surface area (Å²) < 4.78 is 20.4. The van der Waals surface area contributed by atoms with Crippen molar-refractivity contribution in [1.82, 2.24) is 0 Å². The van der Waals surface area contributed by atoms with E-state index in [1.165, 1.54) is 0 Å². The molecule has 2 aromatic rings. The van der Waals surface area contributed by atoms with Crippen LogP contribution in [-0.2, 0) is 25.5 Å². The van der Waals surface area contributed by atoms with Crippen molar-refractivity contribution in [2.45, 2.75) is 19.8 Å². The zero-order chi connectivity index (χ0) is 21.9. The quantitative estimate of drug-likeness (QED) is 0.596. The van der Waals surface area contributed by atoms with Crippen molar-refractivity contribution in [3.05, 3.63) is 53.6 Å². The van der Waals surface area contributed by atoms with Gasteiger partial charge in [-0.1, -0.05) is 12.1 Å². The summed E-state index contributed by atoms with van der Waals surface area (Å²) in [5.74, 6) is -0.373. The molecule has 0 aliphatic carbocycles. The van der Waals surface area contributed by atoms with Gasteiger partial charge < -0.3 is 24.3 Å². The fourth-order valence-electron chi connectivity index (χ4n) is 2.64. The van der Waals surface area contributed by atoms with Gasteiger partial charge in [-0.3, -0.25) is 9.59 Å². The van der Waals surface area contributed by atoms with Crippen LogP contribution in [0.1, 0.15) is 29.3 Å². The van der Waals surface area contributed by atoms with Gasteiger partial charge in [-0.05, 0) is 43.2 Å². The average molecular weight is 415 g/mol. The molecule has 0 unspecified atom stereocenters. The maximum Gasteiger partial charge on any atom is 0.340 e. The minimum atomic E-state index is -0.553. The summed E-state index contributed by atoms with van der Waals surface area (Å²) in [5.41, 5.74) is 1.36. The molecule has 1 amide bonds. The highest BCUT2D eigenvalue weighted by Gasteiger charge is 2.15. The molecule has 0 saturated heterocycles. The van der Waals surface area contributed by atoms with Gasteiger partial charge in [-0.25, -0.2) is 4.79 Å². The van der Waals surface area contributed by atoms with Crippen LogP contribution in [0.4, 0.5) is 5.69 Å². The highest BCUT2D eigenvalue weighted by molar-refractivity contribution is 6.01. The summed E-state index contributed by atoms with van der Waals surface area (Å²) in [5, 5.41) is 2.56. The molecule has 0 heterocycles. The van der Waals surface area contributed by atoms with Crippen LogP contribution in [0.2, 0.25) is 0 Å². The van der Waals surface area contributed by atoms with E-state index in [0.29, 0.717) is 23.6 Å². The van der Waals surface area contributed by atoms with E-state index in [2.05, 4.69) is 5.32 Å². The summed E-state index contributed by atoms with van der Waals surface area (Å²) in [4.78, 5) is 36.1. The highest BCUT2D eigenvalue weighted by Crippen LogP contribution is 2.23. The molecular weight excluding hydrogens is 390 g/mol. The zero-order valence-corrected chi connectivity index (χ0v) is 17.2. The largest absolute Gasteiger partial charge is 0.497 e. The standard InChI is InChI=1S/C22H25NO7/c1-4-29-22(26)18-7-5-6-8-19(18)23-20(24)14-30-21(25)10-9-15-11-16(27-2)13-17(12-15)28-3/h5-8,11-13H,4,9-10,14H2,1-3H3,(H,23,24). The Hall–Kier alpha value is -3.55. The number of amides is 1. The van der Waals surface area contributed by atoms with Gasteiger partial charge in [0.1, 0.15) is 11.5 Å². The molecule has 30 heavy (non-hydrogen) atoms. The number of hydrogen-bond acceptors (Lipinski definition) is 7. The molecule has 1 N–H and O–H groups in total. The van der Waals surface area contributed by atoms with Gasteiger partial charge in [0.15, 0.2) is 6.61 Å². The number of benzene rings is 2. The van der Waals surface area contributed by atoms with Crippen molar-refractivity contribution in [2.24, 2.45) is 0 Å². The molecule has 0 spiro atoms. The number of anilines is 1. The number of carbonyl (C=O) groups excluding carboxylic acids is 3. The van der Waals surface area contributed by atoms with E-state index >= 15 is 0 Å². The summed E-state index contributed by atoms with van der Waals surface area (Å²) in [7, 11) is 3.09. The van der Waals surface area contributed by atoms with E-state index in [1.807, 2.05) is 0 Å². The summed E-state index contributed by atoms with van der Waals surface area (Å²) in [6.45, 7) is 1.45. The number of methoxy groups -OCH3 is 2. The van der Waals surface area contributed by atoms with Crippen LogP contribution in [-0.4, -0.2) is 45.3 Å². The Morgan fingerprint density at radius 3 is 2.23 bits per heavy atom. The molecule has 2 aromatic carbocycles. The number of hydrogen-bond donors (Lipinski definition) is 1. The van der Waals surface area contributed by atoms with E-state index in [4.69, 9.17) is 18.9 Å². The van der Waals surface area contributed by atoms with Crippen LogP contribution < -0.4 is 14.8 Å². The minimum absolute atomic E-state index is 0.0863. The van der Waals surface area contributed by atoms with Crippen molar-refractivity contribution in [2.75, 3.05) is 32.8 Å². The first kappa shape index (κ1) is 22.7. The van der Waals surface area contributed by atoms with Gasteiger partial charge in [0.25, 0.3) is 5.91 Å². The topological polar surface area (TPSA) is 100 Å². The molecule has 0 fully saturated rings. The third-order valence-electron chi connectivity index (χ3n) is 4.09. The predicted octanol–water partition coefficient (Wildman–Crippen LogP) is 3.00. The van der Waals surface area contributed by atoms with E-state index < -0.39 is 24.5 Å². The second-order valence-electron chi connectivity index (χ2n) is 6.20. The van der Waals surface area contributed by atoms with E-state index in [0.717, 1.165) is 5.56 Å². The number of ether oxygens (including phenoxy) is 4. The van der Waals surface area contributed by atoms with Crippen molar-refractivity contribution in [1.29, 1.82) is 0 Å². The Morgan fingerprint density at radius 1 is 0.933 bits per heavy atom. The van der Waals surface area contributed by atoms with E-state index in [1.54, 1.807) is 63.6 Å². The Balaban J connectivity index is 1.86. The first-order chi connectivity index (χ1) is 14.5. The minimum Gasteiger partial charge on any atom is -0.497 e. The van der Waals surface area contributed by atoms with Gasteiger partial charge in [-0.15, -0.1) is 0 Å². The fourth-order valence-corrected chi connectivity index (χ4v) is 2.64. The van der Waals surface area contributed by atoms with Gasteiger partial charge in [0.05, 0.1) is 32.1 Å². The van der Waals surface area contributed by atoms with Crippen LogP contribution in [0.25, 0.3) is 0 Å². The molecule has 8 nitrogen and oxygen atoms in total. The third kappa shape index (κ3) is 6.80. The normalized spacial score (nSPS) is 10.1. The van der Waals surface area contributed by atoms with Crippen LogP contribution in [0.5, 0.6) is 11.5 Å². The third-order valence-corrected chi connectivity index (χ3v) is 4.09. The van der Waals surface area contributed by atoms with E-state index in [9.17, 15) is 14.4 Å². The fraction of sp³-hybridized carbons (Fsp3) is 0.318. The Labute approximate surface area is 175 Å². The van der Waals surface area contributed by atoms with Crippen LogP contribution in [0.15, 0.2) is 42.5 Å². The van der Waals surface area contributed by atoms with Crippen LogP contribution >= 0.6 is 0 Å². The smallest absolute Gasteiger partial charge is 0.340 e. The number of aryl methyl sites for hydroxylation is 1. The van der Waals surface area contributed by atoms with E-state index in [-0.39, 0.29) is 18.6 Å². The number of rotatable bonds is 10. The lowest BCUT2D eigenvalue weighted by Crippen LogP contribution is -2.22. The van der Waals surface area contributed by atoms with Gasteiger partial charge in [0, 0.05) is 12.5 Å². The molecule has 0 radical (unpaired) electrons. The predicted molar refractivity (Wildman–Crippen MR) is 110 cm³/mol. The van der Waals surface area contributed by atoms with Crippen molar-refractivity contribution in [3.8, 4) is 11.5 Å². The SMILES string of the molecule is CCOC(=O)c1ccccc1NC(=O)COC(=O)CCc1cc(OC)cc(OC)c1. The van der Waals surface area contributed by atoms with Crippen molar-refractivity contribution >= 4 is 23.5 Å². The lowest BCUT2D eigenvalue weighted by molar-refractivity contribution is -0.147. The Bertz CT molecular complexity index is 873. The van der Waals surface area contributed by atoms with Crippen molar-refractivity contribution in [3.63, 3.8) is 0 Å². The molecule has 160 valence electrons. The van der Waals surface area contributed by atoms with Crippen LogP contribution in [0.3, 0.4) is 0 Å². The zero-order valence-electron chi connectivity index (χ0n) is 17.2. The summed E-state index contributed by atoms with van der Waals surface area (Å²) >= 11 is 0. The maximum atomic E-state index is 12.1. The molecule has 2 rings (SSSR count). The maximum absolute atomic E-state index is 12.1. The average Bonchev–Trinajstić information content (AvgIpc) is 2.76. The van der Waals surface area contributed by atoms with Crippen LogP contribution in [0, 0.1) is 0 Å². The first-order valence-electron chi connectivity index (χ1n) is 9.40. The summed E-state index contributed by atoms with van der Waals surface area (Å²) in [6, 6.07) is 11.8. The number of nitrogens with one attached hydrogen (secondary N) is 1. The lowest BCUT2D eigenvalue weighted by Gasteiger charge is -2.11. The second kappa shape index (κ2) is 11.5. The second-order valence-corrected chi connectivity index (χ2v) is 6.20. The Morgan fingerprint density at radius 2 is 1.60 bits per heavy atom. The number of esters is 2. The van der Waals surface area contributed by atoms with Gasteiger partial charge in [0.2, 0.25) is 0 Å². The lowest BCUT2D eigenvalue weighted by atomic mass is 10.1. The number of para-hydroxylation sites is 1. The molecule has 0 bridgehead atoms. The highest BCUT2D eigenvalue weighted by atomic mass is 16.5. The molecular formula is C22H25NO7.